The van der Waals surface area contributed by atoms with Crippen LogP contribution in [-0.2, 0) is 22.5 Å². The van der Waals surface area contributed by atoms with Gasteiger partial charge in [-0.3, -0.25) is 10.1 Å². The van der Waals surface area contributed by atoms with E-state index >= 15 is 0 Å². The number of aliphatic hydroxyl groups is 1. The van der Waals surface area contributed by atoms with Crippen molar-refractivity contribution >= 4 is 23.3 Å². The summed E-state index contributed by atoms with van der Waals surface area (Å²) in [5.74, 6) is 1.01. The van der Waals surface area contributed by atoms with Crippen molar-refractivity contribution in [3.05, 3.63) is 75.8 Å². The van der Waals surface area contributed by atoms with Gasteiger partial charge in [0.15, 0.2) is 0 Å². The molecule has 254 valence electrons. The van der Waals surface area contributed by atoms with Crippen molar-refractivity contribution in [1.29, 1.82) is 0 Å². The average Bonchev–Trinajstić information content (AvgIpc) is 3.49. The summed E-state index contributed by atoms with van der Waals surface area (Å²) in [4.78, 5) is 14.3. The monoisotopic (exact) mass is 667 g/mol. The Labute approximate surface area is 282 Å². The first kappa shape index (κ1) is 35.0. The third-order valence-electron chi connectivity index (χ3n) is 9.23. The van der Waals surface area contributed by atoms with Gasteiger partial charge in [-0.1, -0.05) is 41.9 Å². The fourth-order valence-electron chi connectivity index (χ4n) is 6.63. The van der Waals surface area contributed by atoms with Crippen LogP contribution in [0.3, 0.4) is 0 Å². The van der Waals surface area contributed by atoms with Gasteiger partial charge in [0.05, 0.1) is 43.7 Å². The Hall–Kier alpha value is -3.37. The number of alkyl halides is 1. The molecule has 47 heavy (non-hydrogen) atoms. The van der Waals surface area contributed by atoms with Crippen LogP contribution in [0.1, 0.15) is 60.9 Å². The SMILES string of the molecule is CCOc1cc(NC2CCc3c(-c4cccc(OCCCN5CCC(F)CC5)c4C)cccc32)c(Cl)cc1CN[C@@H](CO)C(=O)OC. The lowest BCUT2D eigenvalue weighted by Gasteiger charge is -2.28. The van der Waals surface area contributed by atoms with Crippen molar-refractivity contribution in [1.82, 2.24) is 10.2 Å². The van der Waals surface area contributed by atoms with Crippen LogP contribution in [0.2, 0.25) is 5.02 Å². The largest absolute Gasteiger partial charge is 0.493 e. The van der Waals surface area contributed by atoms with E-state index in [1.165, 1.54) is 29.4 Å². The third kappa shape index (κ3) is 8.57. The molecule has 0 spiro atoms. The highest BCUT2D eigenvalue weighted by Gasteiger charge is 2.27. The molecule has 3 aromatic carbocycles. The molecule has 0 bridgehead atoms. The van der Waals surface area contributed by atoms with Crippen LogP contribution in [-0.4, -0.2) is 74.8 Å². The summed E-state index contributed by atoms with van der Waals surface area (Å²) in [6.07, 6.45) is 3.39. The average molecular weight is 668 g/mol. The van der Waals surface area contributed by atoms with E-state index in [9.17, 15) is 14.3 Å². The van der Waals surface area contributed by atoms with Crippen LogP contribution in [0, 0.1) is 6.92 Å². The van der Waals surface area contributed by atoms with Gasteiger partial charge in [0, 0.05) is 37.8 Å². The number of carbonyl (C=O) groups is 1. The Kier molecular flexibility index (Phi) is 12.4. The Morgan fingerprint density at radius 1 is 1.09 bits per heavy atom. The molecule has 8 nitrogen and oxygen atoms in total. The molecule has 1 unspecified atom stereocenters. The molecule has 2 atom stereocenters. The summed E-state index contributed by atoms with van der Waals surface area (Å²) in [6, 6.07) is 15.7. The number of piperidine rings is 1. The second kappa shape index (κ2) is 16.6. The highest BCUT2D eigenvalue weighted by molar-refractivity contribution is 6.33. The minimum atomic E-state index is -0.844. The normalized spacial score (nSPS) is 17.3. The Bertz CT molecular complexity index is 1510. The molecular weight excluding hydrogens is 621 g/mol. The quantitative estimate of drug-likeness (QED) is 0.123. The number of likely N-dealkylation sites (tertiary alicyclic amines) is 1. The van der Waals surface area contributed by atoms with Crippen LogP contribution in [0.4, 0.5) is 10.1 Å². The van der Waals surface area contributed by atoms with Gasteiger partial charge in [-0.05, 0) is 85.9 Å². The summed E-state index contributed by atoms with van der Waals surface area (Å²) in [5.41, 5.74) is 7.63. The summed E-state index contributed by atoms with van der Waals surface area (Å²) >= 11 is 6.79. The van der Waals surface area contributed by atoms with Gasteiger partial charge < -0.3 is 29.5 Å². The number of ether oxygens (including phenoxy) is 3. The number of esters is 1. The van der Waals surface area contributed by atoms with E-state index in [1.54, 1.807) is 0 Å². The third-order valence-corrected chi connectivity index (χ3v) is 9.54. The molecule has 5 rings (SSSR count). The van der Waals surface area contributed by atoms with Gasteiger partial charge >= 0.3 is 5.97 Å². The van der Waals surface area contributed by atoms with Gasteiger partial charge in [-0.25, -0.2) is 4.39 Å². The van der Waals surface area contributed by atoms with Crippen molar-refractivity contribution in [2.24, 2.45) is 0 Å². The summed E-state index contributed by atoms with van der Waals surface area (Å²) in [5, 5.41) is 16.8. The number of fused-ring (bicyclic) bond motifs is 1. The standard InChI is InChI=1S/C37H47ClFN3O5/c1-4-46-36-21-33(31(38)20-25(36)22-40-34(23-43)37(44)45-3)41-32-13-12-29-28(9-5-10-30(29)32)27-8-6-11-35(24(27)2)47-19-7-16-42-17-14-26(39)15-18-42/h5-6,8-11,20-21,26,32,34,40-41,43H,4,7,12-19,22-23H2,1-3H3/t32?,34-/m0/s1. The summed E-state index contributed by atoms with van der Waals surface area (Å²) in [7, 11) is 1.29. The number of rotatable bonds is 15. The van der Waals surface area contributed by atoms with Crippen LogP contribution in [0.5, 0.6) is 11.5 Å². The van der Waals surface area contributed by atoms with E-state index in [1.807, 2.05) is 25.1 Å². The number of nitrogens with one attached hydrogen (secondary N) is 2. The Morgan fingerprint density at radius 2 is 1.85 bits per heavy atom. The lowest BCUT2D eigenvalue weighted by Crippen LogP contribution is -2.40. The molecule has 2 aliphatic rings. The zero-order chi connectivity index (χ0) is 33.3. The van der Waals surface area contributed by atoms with E-state index in [-0.39, 0.29) is 19.2 Å². The van der Waals surface area contributed by atoms with Gasteiger partial charge in [0.1, 0.15) is 23.7 Å². The number of nitrogens with zero attached hydrogens (tertiary/aromatic N) is 1. The fourth-order valence-corrected chi connectivity index (χ4v) is 6.87. The Balaban J connectivity index is 1.28. The first-order chi connectivity index (χ1) is 22.8. The number of aliphatic hydroxyl groups excluding tert-OH is 1. The minimum Gasteiger partial charge on any atom is -0.493 e. The molecule has 0 radical (unpaired) electrons. The second-order valence-corrected chi connectivity index (χ2v) is 12.7. The minimum absolute atomic E-state index is 0.0706. The molecule has 0 amide bonds. The van der Waals surface area contributed by atoms with E-state index in [2.05, 4.69) is 52.8 Å². The molecule has 3 N–H and O–H groups in total. The molecule has 10 heteroatoms. The molecular formula is C37H47ClFN3O5. The number of hydrogen-bond acceptors (Lipinski definition) is 8. The molecule has 0 aromatic heterocycles. The Morgan fingerprint density at radius 3 is 2.60 bits per heavy atom. The molecule has 1 fully saturated rings. The maximum Gasteiger partial charge on any atom is 0.325 e. The number of carbonyl (C=O) groups excluding carboxylic acids is 1. The first-order valence-corrected chi connectivity index (χ1v) is 17.1. The predicted molar refractivity (Wildman–Crippen MR) is 184 cm³/mol. The van der Waals surface area contributed by atoms with Crippen molar-refractivity contribution in [3.8, 4) is 22.6 Å². The first-order valence-electron chi connectivity index (χ1n) is 16.7. The number of halogens is 2. The molecule has 0 saturated carbocycles. The van der Waals surface area contributed by atoms with Crippen molar-refractivity contribution in [2.45, 2.75) is 70.8 Å². The van der Waals surface area contributed by atoms with E-state index in [4.69, 9.17) is 25.8 Å². The zero-order valence-electron chi connectivity index (χ0n) is 27.6. The number of benzene rings is 3. The van der Waals surface area contributed by atoms with Crippen molar-refractivity contribution < 1.29 is 28.5 Å². The molecule has 1 aliphatic heterocycles. The topological polar surface area (TPSA) is 92.3 Å². The zero-order valence-corrected chi connectivity index (χ0v) is 28.4. The highest BCUT2D eigenvalue weighted by Crippen LogP contribution is 2.43. The van der Waals surface area contributed by atoms with Gasteiger partial charge in [-0.15, -0.1) is 0 Å². The van der Waals surface area contributed by atoms with Crippen LogP contribution in [0.25, 0.3) is 11.1 Å². The number of hydrogen-bond donors (Lipinski definition) is 3. The summed E-state index contributed by atoms with van der Waals surface area (Å²) < 4.78 is 30.4. The fraction of sp³-hybridized carbons (Fsp3) is 0.486. The molecule has 3 aromatic rings. The highest BCUT2D eigenvalue weighted by atomic mass is 35.5. The maximum absolute atomic E-state index is 13.5. The van der Waals surface area contributed by atoms with Crippen LogP contribution < -0.4 is 20.1 Å². The predicted octanol–water partition coefficient (Wildman–Crippen LogP) is 6.64. The van der Waals surface area contributed by atoms with E-state index in [0.717, 1.165) is 61.5 Å². The second-order valence-electron chi connectivity index (χ2n) is 12.3. The lowest BCUT2D eigenvalue weighted by molar-refractivity contribution is -0.144. The number of anilines is 1. The summed E-state index contributed by atoms with van der Waals surface area (Å²) in [6.45, 7) is 7.62. The van der Waals surface area contributed by atoms with Crippen LogP contribution >= 0.6 is 11.6 Å². The van der Waals surface area contributed by atoms with E-state index in [0.29, 0.717) is 36.8 Å². The molecule has 1 heterocycles. The van der Waals surface area contributed by atoms with Gasteiger partial charge in [0.25, 0.3) is 0 Å². The van der Waals surface area contributed by atoms with Gasteiger partial charge in [-0.2, -0.15) is 0 Å². The lowest BCUT2D eigenvalue weighted by atomic mass is 9.93. The van der Waals surface area contributed by atoms with E-state index < -0.39 is 18.2 Å². The maximum atomic E-state index is 13.5. The van der Waals surface area contributed by atoms with Crippen LogP contribution in [0.15, 0.2) is 48.5 Å². The number of methoxy groups -OCH3 is 1. The molecule has 1 saturated heterocycles. The van der Waals surface area contributed by atoms with Crippen molar-refractivity contribution in [3.63, 3.8) is 0 Å². The van der Waals surface area contributed by atoms with Crippen molar-refractivity contribution in [2.75, 3.05) is 51.9 Å². The smallest absolute Gasteiger partial charge is 0.325 e. The van der Waals surface area contributed by atoms with Gasteiger partial charge in [0.2, 0.25) is 0 Å². The molecule has 1 aliphatic carbocycles.